The highest BCUT2D eigenvalue weighted by atomic mass is 32.1. The zero-order valence-electron chi connectivity index (χ0n) is 20.0. The molecule has 0 saturated heterocycles. The van der Waals surface area contributed by atoms with E-state index >= 15 is 0 Å². The fourth-order valence-electron chi connectivity index (χ4n) is 4.29. The summed E-state index contributed by atoms with van der Waals surface area (Å²) in [6, 6.07) is 10.1. The lowest BCUT2D eigenvalue weighted by molar-refractivity contribution is -0.140. The summed E-state index contributed by atoms with van der Waals surface area (Å²) in [6.07, 6.45) is 6.93. The maximum atomic E-state index is 13.6. The number of carbonyl (C=O) groups excluding carboxylic acids is 3. The summed E-state index contributed by atoms with van der Waals surface area (Å²) in [4.78, 5) is 41.6. The maximum Gasteiger partial charge on any atom is 0.261 e. The zero-order valence-corrected chi connectivity index (χ0v) is 20.9. The van der Waals surface area contributed by atoms with Crippen molar-refractivity contribution in [3.05, 3.63) is 52.2 Å². The molecule has 0 bridgehead atoms. The van der Waals surface area contributed by atoms with Crippen molar-refractivity contribution in [2.75, 3.05) is 20.2 Å². The fraction of sp³-hybridized carbons (Fsp3) is 0.500. The lowest BCUT2D eigenvalue weighted by atomic mass is 9.94. The second kappa shape index (κ2) is 13.1. The number of unbranched alkanes of at least 4 members (excludes halogenated alkanes) is 1. The molecule has 1 aliphatic rings. The van der Waals surface area contributed by atoms with Crippen LogP contribution in [-0.2, 0) is 9.59 Å². The molecule has 3 rings (SSSR count). The molecule has 8 heteroatoms. The van der Waals surface area contributed by atoms with Crippen LogP contribution >= 0.6 is 11.3 Å². The van der Waals surface area contributed by atoms with Gasteiger partial charge in [-0.3, -0.25) is 14.4 Å². The number of hydrogen-bond acceptors (Lipinski definition) is 5. The Labute approximate surface area is 205 Å². The Morgan fingerprint density at radius 3 is 2.62 bits per heavy atom. The first-order valence-corrected chi connectivity index (χ1v) is 13.0. The number of nitrogens with one attached hydrogen (secondary N) is 2. The molecule has 1 aliphatic carbocycles. The zero-order chi connectivity index (χ0) is 24.3. The van der Waals surface area contributed by atoms with E-state index in [1.54, 1.807) is 24.1 Å². The summed E-state index contributed by atoms with van der Waals surface area (Å²) >= 11 is 1.32. The minimum absolute atomic E-state index is 0.121. The van der Waals surface area contributed by atoms with Gasteiger partial charge in [-0.2, -0.15) is 0 Å². The number of hydrogen-bond donors (Lipinski definition) is 2. The highest BCUT2D eigenvalue weighted by Gasteiger charge is 2.33. The normalized spacial score (nSPS) is 14.8. The van der Waals surface area contributed by atoms with Crippen molar-refractivity contribution in [2.24, 2.45) is 0 Å². The van der Waals surface area contributed by atoms with Crippen LogP contribution in [0, 0.1) is 0 Å². The molecule has 1 saturated carbocycles. The van der Waals surface area contributed by atoms with Gasteiger partial charge in [0.05, 0.1) is 18.5 Å². The van der Waals surface area contributed by atoms with Crippen molar-refractivity contribution in [1.29, 1.82) is 0 Å². The second-order valence-corrected chi connectivity index (χ2v) is 9.57. The number of carbonyl (C=O) groups is 3. The first-order valence-electron chi connectivity index (χ1n) is 12.1. The summed E-state index contributed by atoms with van der Waals surface area (Å²) in [7, 11) is 1.58. The molecule has 7 nitrogen and oxygen atoms in total. The number of ether oxygens (including phenoxy) is 1. The van der Waals surface area contributed by atoms with E-state index in [9.17, 15) is 14.4 Å². The predicted molar refractivity (Wildman–Crippen MR) is 134 cm³/mol. The average molecular weight is 486 g/mol. The van der Waals surface area contributed by atoms with E-state index in [2.05, 4.69) is 10.6 Å². The molecule has 1 fully saturated rings. The average Bonchev–Trinajstić information content (AvgIpc) is 3.40. The van der Waals surface area contributed by atoms with Crippen molar-refractivity contribution >= 4 is 29.1 Å². The summed E-state index contributed by atoms with van der Waals surface area (Å²) in [5.74, 6) is -0.135. The van der Waals surface area contributed by atoms with Crippen LogP contribution in [0.5, 0.6) is 5.75 Å². The number of amides is 3. The third-order valence-corrected chi connectivity index (χ3v) is 7.01. The Morgan fingerprint density at radius 2 is 1.94 bits per heavy atom. The van der Waals surface area contributed by atoms with E-state index < -0.39 is 6.04 Å². The molecule has 2 N–H and O–H groups in total. The molecule has 1 aromatic carbocycles. The maximum absolute atomic E-state index is 13.6. The molecule has 0 aliphatic heterocycles. The Bertz CT molecular complexity index is 941. The van der Waals surface area contributed by atoms with E-state index in [-0.39, 0.29) is 30.3 Å². The molecule has 3 amide bonds. The van der Waals surface area contributed by atoms with Crippen molar-refractivity contribution in [3.8, 4) is 5.75 Å². The molecule has 0 spiro atoms. The van der Waals surface area contributed by atoms with Crippen LogP contribution in [0.3, 0.4) is 0 Å². The summed E-state index contributed by atoms with van der Waals surface area (Å²) < 4.78 is 5.39. The van der Waals surface area contributed by atoms with Crippen LogP contribution in [-0.4, -0.2) is 48.9 Å². The third-order valence-electron chi connectivity index (χ3n) is 6.14. The van der Waals surface area contributed by atoms with Crippen molar-refractivity contribution < 1.29 is 19.1 Å². The second-order valence-electron chi connectivity index (χ2n) is 8.62. The number of rotatable bonds is 11. The number of thiophene rings is 1. The van der Waals surface area contributed by atoms with Gasteiger partial charge in [-0.25, -0.2) is 0 Å². The molecule has 184 valence electrons. The van der Waals surface area contributed by atoms with Gasteiger partial charge in [0.2, 0.25) is 11.8 Å². The highest BCUT2D eigenvalue weighted by molar-refractivity contribution is 7.12. The minimum Gasteiger partial charge on any atom is -0.497 e. The van der Waals surface area contributed by atoms with E-state index in [0.29, 0.717) is 22.7 Å². The van der Waals surface area contributed by atoms with Gasteiger partial charge in [0, 0.05) is 12.6 Å². The first-order chi connectivity index (χ1) is 16.5. The van der Waals surface area contributed by atoms with Crippen molar-refractivity contribution in [3.63, 3.8) is 0 Å². The summed E-state index contributed by atoms with van der Waals surface area (Å²) in [5, 5.41) is 7.73. The van der Waals surface area contributed by atoms with Gasteiger partial charge >= 0.3 is 0 Å². The number of methoxy groups -OCH3 is 1. The van der Waals surface area contributed by atoms with Crippen LogP contribution < -0.4 is 15.4 Å². The first kappa shape index (κ1) is 25.7. The SMILES string of the molecule is CCCCN(C(=O)CNC(=O)c1cccs1)[C@H](C(=O)NC1CCCCC1)c1cccc(OC)c1. The molecular formula is C26H35N3O4S. The highest BCUT2D eigenvalue weighted by Crippen LogP contribution is 2.27. The molecule has 1 heterocycles. The lowest BCUT2D eigenvalue weighted by Crippen LogP contribution is -2.49. The molecular weight excluding hydrogens is 450 g/mol. The Morgan fingerprint density at radius 1 is 1.15 bits per heavy atom. The smallest absolute Gasteiger partial charge is 0.261 e. The Hall–Kier alpha value is -2.87. The van der Waals surface area contributed by atoms with E-state index in [1.165, 1.54) is 17.8 Å². The van der Waals surface area contributed by atoms with Gasteiger partial charge in [0.15, 0.2) is 0 Å². The molecule has 2 aromatic rings. The van der Waals surface area contributed by atoms with Crippen LogP contribution in [0.15, 0.2) is 41.8 Å². The number of nitrogens with zero attached hydrogens (tertiary/aromatic N) is 1. The topological polar surface area (TPSA) is 87.7 Å². The Balaban J connectivity index is 1.84. The van der Waals surface area contributed by atoms with Crippen molar-refractivity contribution in [2.45, 2.75) is 64.0 Å². The standard InChI is InChI=1S/C26H35N3O4S/c1-3-4-15-29(23(30)18-27-25(31)22-14-9-16-34-22)24(19-10-8-13-21(17-19)33-2)26(32)28-20-11-6-5-7-12-20/h8-10,13-14,16-17,20,24H,3-7,11-12,15,18H2,1-2H3,(H,27,31)(H,28,32)/t24-/m0/s1. The predicted octanol–water partition coefficient (Wildman–Crippen LogP) is 4.31. The van der Waals surface area contributed by atoms with Crippen LogP contribution in [0.4, 0.5) is 0 Å². The monoisotopic (exact) mass is 485 g/mol. The lowest BCUT2D eigenvalue weighted by Gasteiger charge is -2.33. The molecule has 1 aromatic heterocycles. The van der Waals surface area contributed by atoms with Gasteiger partial charge in [-0.15, -0.1) is 11.3 Å². The summed E-state index contributed by atoms with van der Waals surface area (Å²) in [5.41, 5.74) is 0.696. The molecule has 34 heavy (non-hydrogen) atoms. The van der Waals surface area contributed by atoms with Crippen molar-refractivity contribution in [1.82, 2.24) is 15.5 Å². The quantitative estimate of drug-likeness (QED) is 0.497. The number of benzene rings is 1. The van der Waals surface area contributed by atoms with Crippen LogP contribution in [0.2, 0.25) is 0 Å². The van der Waals surface area contributed by atoms with E-state index in [4.69, 9.17) is 4.74 Å². The van der Waals surface area contributed by atoms with Gasteiger partial charge in [0.1, 0.15) is 11.8 Å². The van der Waals surface area contributed by atoms with Gasteiger partial charge in [-0.05, 0) is 48.4 Å². The fourth-order valence-corrected chi connectivity index (χ4v) is 4.93. The van der Waals surface area contributed by atoms with Gasteiger partial charge in [-0.1, -0.05) is 50.8 Å². The van der Waals surface area contributed by atoms with Crippen LogP contribution in [0.1, 0.15) is 73.1 Å². The minimum atomic E-state index is -0.797. The van der Waals surface area contributed by atoms with E-state index in [0.717, 1.165) is 38.5 Å². The molecule has 1 atom stereocenters. The van der Waals surface area contributed by atoms with Gasteiger partial charge in [0.25, 0.3) is 5.91 Å². The summed E-state index contributed by atoms with van der Waals surface area (Å²) in [6.45, 7) is 2.30. The Kier molecular flexibility index (Phi) is 9.94. The van der Waals surface area contributed by atoms with E-state index in [1.807, 2.05) is 36.6 Å². The van der Waals surface area contributed by atoms with Gasteiger partial charge < -0.3 is 20.3 Å². The largest absolute Gasteiger partial charge is 0.497 e. The van der Waals surface area contributed by atoms with Crippen LogP contribution in [0.25, 0.3) is 0 Å². The third kappa shape index (κ3) is 7.06. The molecule has 0 radical (unpaired) electrons. The molecule has 0 unspecified atom stereocenters.